The van der Waals surface area contributed by atoms with Crippen LogP contribution in [0.15, 0.2) is 66.7 Å². The average molecular weight is 524 g/mol. The molecule has 3 aromatic rings. The maximum atomic E-state index is 13.5. The third-order valence-corrected chi connectivity index (χ3v) is 7.53. The summed E-state index contributed by atoms with van der Waals surface area (Å²) in [5.74, 6) is 1.92. The highest BCUT2D eigenvalue weighted by Gasteiger charge is 2.34. The Morgan fingerprint density at radius 3 is 2.50 bits per heavy atom. The summed E-state index contributed by atoms with van der Waals surface area (Å²) in [7, 11) is 0. The molecule has 0 radical (unpaired) electrons. The molecule has 200 valence electrons. The lowest BCUT2D eigenvalue weighted by molar-refractivity contribution is -0.137. The first-order valence-electron chi connectivity index (χ1n) is 13.0. The minimum atomic E-state index is -4.46. The van der Waals surface area contributed by atoms with E-state index >= 15 is 0 Å². The number of ether oxygens (including phenoxy) is 2. The molecule has 0 saturated carbocycles. The van der Waals surface area contributed by atoms with Crippen molar-refractivity contribution in [2.24, 2.45) is 5.92 Å². The number of nitrogens with zero attached hydrogens (tertiary/aromatic N) is 1. The van der Waals surface area contributed by atoms with Crippen LogP contribution in [0, 0.1) is 5.92 Å². The lowest BCUT2D eigenvalue weighted by Crippen LogP contribution is -2.35. The van der Waals surface area contributed by atoms with E-state index in [1.54, 1.807) is 25.1 Å². The van der Waals surface area contributed by atoms with Gasteiger partial charge in [0.25, 0.3) is 0 Å². The first-order valence-corrected chi connectivity index (χ1v) is 13.0. The summed E-state index contributed by atoms with van der Waals surface area (Å²) in [4.78, 5) is 2.45. The zero-order valence-corrected chi connectivity index (χ0v) is 21.8. The van der Waals surface area contributed by atoms with Crippen LogP contribution in [0.25, 0.3) is 11.1 Å². The van der Waals surface area contributed by atoms with Crippen molar-refractivity contribution in [1.29, 1.82) is 0 Å². The standard InChI is InChI=1S/C31H32F3NO3/c1-19-13-14-35(17-19)20(2)18-37-26-10-7-22(8-11-26)30-29(23-5-4-6-25(36)15-23)21(3)27-16-24(31(32,33)34)9-12-28(27)38-30/h4-12,15-16,19-20,30,36H,13-14,17-18H2,1-3H3. The van der Waals surface area contributed by atoms with E-state index in [0.717, 1.165) is 42.5 Å². The second kappa shape index (κ2) is 10.4. The van der Waals surface area contributed by atoms with E-state index < -0.39 is 17.8 Å². The molecule has 2 aliphatic heterocycles. The lowest BCUT2D eigenvalue weighted by atomic mass is 9.85. The number of phenols is 1. The van der Waals surface area contributed by atoms with E-state index in [4.69, 9.17) is 9.47 Å². The maximum absolute atomic E-state index is 13.5. The number of rotatable bonds is 6. The van der Waals surface area contributed by atoms with Crippen LogP contribution in [0.1, 0.15) is 55.5 Å². The molecule has 1 saturated heterocycles. The van der Waals surface area contributed by atoms with Crippen molar-refractivity contribution in [1.82, 2.24) is 4.90 Å². The van der Waals surface area contributed by atoms with Crippen molar-refractivity contribution in [2.45, 2.75) is 45.5 Å². The van der Waals surface area contributed by atoms with Crippen molar-refractivity contribution >= 4 is 11.1 Å². The van der Waals surface area contributed by atoms with Gasteiger partial charge in [-0.2, -0.15) is 13.2 Å². The van der Waals surface area contributed by atoms with Gasteiger partial charge in [0, 0.05) is 23.7 Å². The maximum Gasteiger partial charge on any atom is 0.416 e. The fourth-order valence-corrected chi connectivity index (χ4v) is 5.34. The van der Waals surface area contributed by atoms with Crippen molar-refractivity contribution in [3.05, 3.63) is 89.0 Å². The molecule has 3 unspecified atom stereocenters. The van der Waals surface area contributed by atoms with Crippen LogP contribution in [-0.4, -0.2) is 35.7 Å². The number of hydrogen-bond acceptors (Lipinski definition) is 4. The zero-order chi connectivity index (χ0) is 27.0. The van der Waals surface area contributed by atoms with E-state index in [0.29, 0.717) is 40.7 Å². The monoisotopic (exact) mass is 523 g/mol. The normalized spacial score (nSPS) is 20.7. The van der Waals surface area contributed by atoms with Gasteiger partial charge < -0.3 is 14.6 Å². The van der Waals surface area contributed by atoms with E-state index in [-0.39, 0.29) is 5.75 Å². The Labute approximate surface area is 221 Å². The summed E-state index contributed by atoms with van der Waals surface area (Å²) >= 11 is 0. The summed E-state index contributed by atoms with van der Waals surface area (Å²) in [6, 6.07) is 18.2. The van der Waals surface area contributed by atoms with Gasteiger partial charge in [-0.15, -0.1) is 0 Å². The summed E-state index contributed by atoms with van der Waals surface area (Å²) in [5, 5.41) is 10.1. The Morgan fingerprint density at radius 1 is 1.08 bits per heavy atom. The molecule has 4 nitrogen and oxygen atoms in total. The summed E-state index contributed by atoms with van der Waals surface area (Å²) in [6.45, 7) is 9.03. The van der Waals surface area contributed by atoms with Gasteiger partial charge in [0.15, 0.2) is 0 Å². The van der Waals surface area contributed by atoms with Gasteiger partial charge in [0.1, 0.15) is 30.0 Å². The van der Waals surface area contributed by atoms with E-state index in [1.165, 1.54) is 12.5 Å². The fourth-order valence-electron chi connectivity index (χ4n) is 5.34. The van der Waals surface area contributed by atoms with Crippen LogP contribution in [0.5, 0.6) is 17.2 Å². The molecule has 3 atom stereocenters. The first kappa shape index (κ1) is 26.2. The van der Waals surface area contributed by atoms with Gasteiger partial charge in [-0.05, 0) is 91.9 Å². The highest BCUT2D eigenvalue weighted by molar-refractivity contribution is 5.95. The molecule has 2 heterocycles. The van der Waals surface area contributed by atoms with Crippen LogP contribution in [-0.2, 0) is 6.18 Å². The molecule has 0 amide bonds. The lowest BCUT2D eigenvalue weighted by Gasteiger charge is -2.31. The van der Waals surface area contributed by atoms with E-state index in [2.05, 4.69) is 18.7 Å². The van der Waals surface area contributed by atoms with Crippen molar-refractivity contribution in [3.8, 4) is 17.2 Å². The third kappa shape index (κ3) is 5.39. The second-order valence-corrected chi connectivity index (χ2v) is 10.4. The van der Waals surface area contributed by atoms with Crippen LogP contribution < -0.4 is 9.47 Å². The molecule has 0 aromatic heterocycles. The molecule has 0 spiro atoms. The smallest absolute Gasteiger partial charge is 0.416 e. The average Bonchev–Trinajstić information content (AvgIpc) is 3.33. The SMILES string of the molecule is CC1=C(c2cccc(O)c2)C(c2ccc(OCC(C)N3CCC(C)C3)cc2)Oc2ccc(C(F)(F)F)cc21. The van der Waals surface area contributed by atoms with Crippen LogP contribution in [0.4, 0.5) is 13.2 Å². The van der Waals surface area contributed by atoms with Gasteiger partial charge in [-0.1, -0.05) is 31.2 Å². The Bertz CT molecular complexity index is 1330. The van der Waals surface area contributed by atoms with Gasteiger partial charge in [0.2, 0.25) is 0 Å². The Hall–Kier alpha value is -3.45. The van der Waals surface area contributed by atoms with E-state index in [9.17, 15) is 18.3 Å². The molecular formula is C31H32F3NO3. The molecule has 1 N–H and O–H groups in total. The van der Waals surface area contributed by atoms with Gasteiger partial charge in [-0.3, -0.25) is 4.90 Å². The van der Waals surface area contributed by atoms with Gasteiger partial charge in [-0.25, -0.2) is 0 Å². The number of aromatic hydroxyl groups is 1. The van der Waals surface area contributed by atoms with Crippen molar-refractivity contribution in [2.75, 3.05) is 19.7 Å². The summed E-state index contributed by atoms with van der Waals surface area (Å²) < 4.78 is 52.7. The Balaban J connectivity index is 1.44. The number of benzene rings is 3. The number of phenolic OH excluding ortho intramolecular Hbond substituents is 1. The Kier molecular flexibility index (Phi) is 7.14. The Morgan fingerprint density at radius 2 is 1.84 bits per heavy atom. The first-order chi connectivity index (χ1) is 18.1. The molecular weight excluding hydrogens is 491 g/mol. The van der Waals surface area contributed by atoms with Crippen LogP contribution >= 0.6 is 0 Å². The predicted molar refractivity (Wildman–Crippen MR) is 142 cm³/mol. The predicted octanol–water partition coefficient (Wildman–Crippen LogP) is 7.58. The molecule has 7 heteroatoms. The number of halogens is 3. The number of allylic oxidation sites excluding steroid dienone is 1. The number of hydrogen-bond donors (Lipinski definition) is 1. The summed E-state index contributed by atoms with van der Waals surface area (Å²) in [5.41, 5.74) is 2.55. The molecule has 3 aromatic carbocycles. The van der Waals surface area contributed by atoms with Crippen LogP contribution in [0.3, 0.4) is 0 Å². The minimum Gasteiger partial charge on any atom is -0.508 e. The number of fused-ring (bicyclic) bond motifs is 1. The molecule has 2 aliphatic rings. The second-order valence-electron chi connectivity index (χ2n) is 10.4. The topological polar surface area (TPSA) is 41.9 Å². The van der Waals surface area contributed by atoms with Crippen molar-refractivity contribution < 1.29 is 27.8 Å². The minimum absolute atomic E-state index is 0.0710. The summed E-state index contributed by atoms with van der Waals surface area (Å²) in [6.07, 6.45) is -3.81. The van der Waals surface area contributed by atoms with Gasteiger partial charge in [0.05, 0.1) is 5.56 Å². The third-order valence-electron chi connectivity index (χ3n) is 7.53. The molecule has 38 heavy (non-hydrogen) atoms. The number of likely N-dealkylation sites (tertiary alicyclic amines) is 1. The molecule has 5 rings (SSSR count). The van der Waals surface area contributed by atoms with Crippen molar-refractivity contribution in [3.63, 3.8) is 0 Å². The molecule has 1 fully saturated rings. The number of alkyl halides is 3. The highest BCUT2D eigenvalue weighted by Crippen LogP contribution is 2.48. The largest absolute Gasteiger partial charge is 0.508 e. The highest BCUT2D eigenvalue weighted by atomic mass is 19.4. The van der Waals surface area contributed by atoms with E-state index in [1.807, 2.05) is 30.3 Å². The van der Waals surface area contributed by atoms with Gasteiger partial charge >= 0.3 is 6.18 Å². The quantitative estimate of drug-likeness (QED) is 0.362. The fraction of sp³-hybridized carbons (Fsp3) is 0.355. The van der Waals surface area contributed by atoms with Crippen LogP contribution in [0.2, 0.25) is 0 Å². The molecule has 0 bridgehead atoms. The molecule has 0 aliphatic carbocycles. The zero-order valence-electron chi connectivity index (χ0n) is 21.8.